The zero-order valence-electron chi connectivity index (χ0n) is 6.81. The fourth-order valence-corrected chi connectivity index (χ4v) is 1.32. The Bertz CT molecular complexity index is 361. The molecule has 0 amide bonds. The molecule has 68 valence electrons. The topological polar surface area (TPSA) is 67.5 Å². The van der Waals surface area contributed by atoms with Gasteiger partial charge in [0.25, 0.3) is 0 Å². The molecule has 1 atom stereocenters. The minimum Gasteiger partial charge on any atom is -0.447 e. The third-order valence-corrected chi connectivity index (χ3v) is 2.33. The van der Waals surface area contributed by atoms with E-state index in [-0.39, 0.29) is 10.9 Å². The van der Waals surface area contributed by atoms with Crippen LogP contribution >= 0.6 is 0 Å². The molecule has 4 nitrogen and oxygen atoms in total. The molecule has 1 aromatic heterocycles. The Kier molecular flexibility index (Phi) is 2.25. The van der Waals surface area contributed by atoms with Gasteiger partial charge < -0.3 is 9.52 Å². The summed E-state index contributed by atoms with van der Waals surface area (Å²) >= 11 is 0. The van der Waals surface area contributed by atoms with Gasteiger partial charge in [-0.1, -0.05) is 0 Å². The lowest BCUT2D eigenvalue weighted by atomic mass is 10.3. The smallest absolute Gasteiger partial charge is 0.218 e. The normalized spacial score (nSPS) is 14.6. The van der Waals surface area contributed by atoms with Gasteiger partial charge in [0.15, 0.2) is 0 Å². The molecule has 0 aromatic carbocycles. The first kappa shape index (κ1) is 9.28. The second-order valence-electron chi connectivity index (χ2n) is 2.60. The number of aliphatic hydroxyl groups excluding tert-OH is 1. The predicted octanol–water partition coefficient (Wildman–Crippen LogP) is 0.736. The molecule has 1 rings (SSSR count). The van der Waals surface area contributed by atoms with E-state index in [0.29, 0.717) is 0 Å². The van der Waals surface area contributed by atoms with Crippen LogP contribution in [-0.4, -0.2) is 19.8 Å². The highest BCUT2D eigenvalue weighted by Crippen LogP contribution is 2.18. The van der Waals surface area contributed by atoms with E-state index in [2.05, 4.69) is 0 Å². The summed E-state index contributed by atoms with van der Waals surface area (Å²) in [7, 11) is -3.29. The van der Waals surface area contributed by atoms with Gasteiger partial charge in [0.2, 0.25) is 14.9 Å². The summed E-state index contributed by atoms with van der Waals surface area (Å²) in [5, 5.41) is 8.90. The van der Waals surface area contributed by atoms with Gasteiger partial charge in [-0.25, -0.2) is 8.42 Å². The van der Waals surface area contributed by atoms with Crippen molar-refractivity contribution in [3.63, 3.8) is 0 Å². The van der Waals surface area contributed by atoms with Crippen LogP contribution in [0, 0.1) is 0 Å². The summed E-state index contributed by atoms with van der Waals surface area (Å²) in [5.41, 5.74) is 0. The van der Waals surface area contributed by atoms with Crippen LogP contribution in [0.15, 0.2) is 21.6 Å². The highest BCUT2D eigenvalue weighted by atomic mass is 32.2. The number of furan rings is 1. The molecule has 1 aromatic rings. The molecule has 0 aliphatic rings. The van der Waals surface area contributed by atoms with E-state index in [1.165, 1.54) is 19.1 Å². The van der Waals surface area contributed by atoms with Crippen molar-refractivity contribution in [3.05, 3.63) is 17.9 Å². The molecule has 0 aliphatic heterocycles. The van der Waals surface area contributed by atoms with Crippen LogP contribution in [0.5, 0.6) is 0 Å². The Hall–Kier alpha value is -0.810. The number of hydrogen-bond acceptors (Lipinski definition) is 4. The largest absolute Gasteiger partial charge is 0.447 e. The molecule has 0 radical (unpaired) electrons. The van der Waals surface area contributed by atoms with Crippen LogP contribution in [0.4, 0.5) is 0 Å². The van der Waals surface area contributed by atoms with Gasteiger partial charge >= 0.3 is 0 Å². The Balaban J connectivity index is 3.09. The molecule has 5 heteroatoms. The third kappa shape index (κ3) is 1.86. The summed E-state index contributed by atoms with van der Waals surface area (Å²) in [5.74, 6) is 0.260. The van der Waals surface area contributed by atoms with Crippen molar-refractivity contribution in [1.29, 1.82) is 0 Å². The summed E-state index contributed by atoms with van der Waals surface area (Å²) in [6, 6.07) is 2.78. The van der Waals surface area contributed by atoms with Crippen LogP contribution in [0.2, 0.25) is 0 Å². The van der Waals surface area contributed by atoms with E-state index in [9.17, 15) is 8.42 Å². The van der Waals surface area contributed by atoms with Crippen LogP contribution in [0.1, 0.15) is 18.8 Å². The third-order valence-electron chi connectivity index (χ3n) is 1.38. The summed E-state index contributed by atoms with van der Waals surface area (Å²) in [4.78, 5) is 0. The lowest BCUT2D eigenvalue weighted by Gasteiger charge is -1.96. The molecule has 1 heterocycles. The lowest BCUT2D eigenvalue weighted by Crippen LogP contribution is -1.94. The predicted molar refractivity (Wildman–Crippen MR) is 42.5 cm³/mol. The van der Waals surface area contributed by atoms with Crippen molar-refractivity contribution in [3.8, 4) is 0 Å². The second kappa shape index (κ2) is 2.91. The number of sulfone groups is 1. The second-order valence-corrected chi connectivity index (χ2v) is 4.55. The van der Waals surface area contributed by atoms with E-state index in [1.54, 1.807) is 0 Å². The highest BCUT2D eigenvalue weighted by molar-refractivity contribution is 7.90. The molecule has 0 aliphatic carbocycles. The fraction of sp³-hybridized carbons (Fsp3) is 0.429. The Morgan fingerprint density at radius 3 is 2.33 bits per heavy atom. The van der Waals surface area contributed by atoms with Crippen LogP contribution < -0.4 is 0 Å². The maximum Gasteiger partial charge on any atom is 0.218 e. The van der Waals surface area contributed by atoms with Gasteiger partial charge in [-0.2, -0.15) is 0 Å². The van der Waals surface area contributed by atoms with E-state index >= 15 is 0 Å². The molecule has 0 spiro atoms. The lowest BCUT2D eigenvalue weighted by molar-refractivity contribution is 0.162. The van der Waals surface area contributed by atoms with Crippen LogP contribution in [0.3, 0.4) is 0 Å². The van der Waals surface area contributed by atoms with Gasteiger partial charge in [-0.3, -0.25) is 0 Å². The van der Waals surface area contributed by atoms with Crippen LogP contribution in [-0.2, 0) is 9.84 Å². The monoisotopic (exact) mass is 190 g/mol. The molecule has 0 saturated carbocycles. The average molecular weight is 190 g/mol. The molecule has 1 unspecified atom stereocenters. The van der Waals surface area contributed by atoms with E-state index in [0.717, 1.165) is 6.26 Å². The maximum absolute atomic E-state index is 10.9. The molecular formula is C7H10O4S. The van der Waals surface area contributed by atoms with Gasteiger partial charge in [-0.15, -0.1) is 0 Å². The van der Waals surface area contributed by atoms with Crippen molar-refractivity contribution in [1.82, 2.24) is 0 Å². The Morgan fingerprint density at radius 2 is 2.08 bits per heavy atom. The minimum atomic E-state index is -3.29. The van der Waals surface area contributed by atoms with Crippen molar-refractivity contribution in [2.75, 3.05) is 6.26 Å². The standard InChI is InChI=1S/C7H10O4S/c1-5(8)6-3-4-7(11-6)12(2,9)10/h3-5,8H,1-2H3. The molecule has 0 fully saturated rings. The Labute approximate surface area is 70.7 Å². The number of rotatable bonds is 2. The molecule has 0 bridgehead atoms. The zero-order valence-corrected chi connectivity index (χ0v) is 7.63. The molecule has 0 saturated heterocycles. The first-order valence-electron chi connectivity index (χ1n) is 3.39. The summed E-state index contributed by atoms with van der Waals surface area (Å²) < 4.78 is 26.7. The summed E-state index contributed by atoms with van der Waals surface area (Å²) in [6.45, 7) is 1.50. The van der Waals surface area contributed by atoms with Gasteiger partial charge in [-0.05, 0) is 19.1 Å². The average Bonchev–Trinajstić information content (AvgIpc) is 2.30. The maximum atomic E-state index is 10.9. The SMILES string of the molecule is CC(O)c1ccc(S(C)(=O)=O)o1. The zero-order chi connectivity index (χ0) is 9.35. The van der Waals surface area contributed by atoms with Crippen LogP contribution in [0.25, 0.3) is 0 Å². The van der Waals surface area contributed by atoms with E-state index in [1.807, 2.05) is 0 Å². The van der Waals surface area contributed by atoms with Gasteiger partial charge in [0.1, 0.15) is 11.9 Å². The van der Waals surface area contributed by atoms with Crippen molar-refractivity contribution >= 4 is 9.84 Å². The molecular weight excluding hydrogens is 180 g/mol. The molecule has 12 heavy (non-hydrogen) atoms. The number of hydrogen-bond donors (Lipinski definition) is 1. The van der Waals surface area contributed by atoms with E-state index in [4.69, 9.17) is 9.52 Å². The first-order chi connectivity index (χ1) is 5.41. The Morgan fingerprint density at radius 1 is 1.50 bits per heavy atom. The van der Waals surface area contributed by atoms with Crippen molar-refractivity contribution in [2.24, 2.45) is 0 Å². The van der Waals surface area contributed by atoms with Crippen molar-refractivity contribution in [2.45, 2.75) is 18.1 Å². The van der Waals surface area contributed by atoms with E-state index < -0.39 is 15.9 Å². The van der Waals surface area contributed by atoms with Crippen molar-refractivity contribution < 1.29 is 17.9 Å². The fourth-order valence-electron chi connectivity index (χ4n) is 0.758. The quantitative estimate of drug-likeness (QED) is 0.746. The van der Waals surface area contributed by atoms with Gasteiger partial charge in [0.05, 0.1) is 0 Å². The highest BCUT2D eigenvalue weighted by Gasteiger charge is 2.14. The number of aliphatic hydroxyl groups is 1. The first-order valence-corrected chi connectivity index (χ1v) is 5.28. The van der Waals surface area contributed by atoms with Gasteiger partial charge in [0, 0.05) is 6.26 Å². The summed E-state index contributed by atoms with van der Waals surface area (Å²) in [6.07, 6.45) is 0.276. The minimum absolute atomic E-state index is 0.113. The molecule has 1 N–H and O–H groups in total.